The largest absolute Gasteiger partial charge is 0.325 e. The smallest absolute Gasteiger partial charge is 0.0896 e. The van der Waals surface area contributed by atoms with Crippen LogP contribution < -0.4 is 5.73 Å². The fourth-order valence-electron chi connectivity index (χ4n) is 3.04. The van der Waals surface area contributed by atoms with Crippen molar-refractivity contribution in [1.29, 1.82) is 0 Å². The predicted molar refractivity (Wildman–Crippen MR) is 79.0 cm³/mol. The molecular formula is C15H26N2S. The van der Waals surface area contributed by atoms with Crippen molar-refractivity contribution in [2.75, 3.05) is 0 Å². The molecule has 0 bridgehead atoms. The van der Waals surface area contributed by atoms with Crippen molar-refractivity contribution in [2.24, 2.45) is 11.7 Å². The zero-order valence-electron chi connectivity index (χ0n) is 11.7. The van der Waals surface area contributed by atoms with Gasteiger partial charge in [-0.1, -0.05) is 26.2 Å². The molecule has 0 aliphatic heterocycles. The summed E-state index contributed by atoms with van der Waals surface area (Å²) in [5, 5.41) is 1.16. The molecule has 2 rings (SSSR count). The van der Waals surface area contributed by atoms with E-state index in [2.05, 4.69) is 18.8 Å². The maximum atomic E-state index is 6.57. The van der Waals surface area contributed by atoms with E-state index in [1.807, 2.05) is 6.20 Å². The minimum absolute atomic E-state index is 0.0433. The molecule has 1 aromatic rings. The summed E-state index contributed by atoms with van der Waals surface area (Å²) in [6.07, 6.45) is 12.2. The summed E-state index contributed by atoms with van der Waals surface area (Å²) in [5.41, 5.74) is 6.61. The minimum atomic E-state index is 0.0433. The highest BCUT2D eigenvalue weighted by molar-refractivity contribution is 7.11. The number of unbranched alkanes of at least 4 members (excludes halogenated alkanes) is 1. The fraction of sp³-hybridized carbons (Fsp3) is 0.800. The van der Waals surface area contributed by atoms with Crippen LogP contribution in [0.3, 0.4) is 0 Å². The van der Waals surface area contributed by atoms with Gasteiger partial charge in [0.25, 0.3) is 0 Å². The third kappa shape index (κ3) is 3.79. The van der Waals surface area contributed by atoms with Crippen LogP contribution in [0.25, 0.3) is 0 Å². The van der Waals surface area contributed by atoms with Crippen LogP contribution in [0.2, 0.25) is 0 Å². The molecule has 1 aromatic heterocycles. The fourth-order valence-corrected chi connectivity index (χ4v) is 3.99. The van der Waals surface area contributed by atoms with Gasteiger partial charge in [-0.3, -0.25) is 0 Å². The molecule has 1 aliphatic rings. The molecule has 0 spiro atoms. The zero-order valence-corrected chi connectivity index (χ0v) is 12.6. The summed E-state index contributed by atoms with van der Waals surface area (Å²) in [4.78, 5) is 5.69. The van der Waals surface area contributed by atoms with E-state index in [1.165, 1.54) is 49.8 Å². The van der Waals surface area contributed by atoms with Gasteiger partial charge in [-0.2, -0.15) is 0 Å². The molecule has 1 saturated carbocycles. The Hall–Kier alpha value is -0.410. The van der Waals surface area contributed by atoms with Gasteiger partial charge in [0, 0.05) is 23.0 Å². The molecule has 0 saturated heterocycles. The summed E-state index contributed by atoms with van der Waals surface area (Å²) in [6.45, 7) is 4.35. The quantitative estimate of drug-likeness (QED) is 0.872. The topological polar surface area (TPSA) is 38.9 Å². The predicted octanol–water partition coefficient (Wildman–Crippen LogP) is 4.07. The average Bonchev–Trinajstić information content (AvgIpc) is 2.74. The number of nitrogens with two attached hydrogens (primary N) is 1. The second kappa shape index (κ2) is 6.16. The van der Waals surface area contributed by atoms with Gasteiger partial charge < -0.3 is 5.73 Å². The second-order valence-electron chi connectivity index (χ2n) is 5.97. The molecule has 3 heteroatoms. The van der Waals surface area contributed by atoms with Gasteiger partial charge in [-0.05, 0) is 38.5 Å². The van der Waals surface area contributed by atoms with Crippen molar-refractivity contribution in [3.05, 3.63) is 16.1 Å². The van der Waals surface area contributed by atoms with E-state index in [0.717, 1.165) is 17.3 Å². The van der Waals surface area contributed by atoms with Gasteiger partial charge in [0.15, 0.2) is 0 Å². The number of rotatable bonds is 5. The average molecular weight is 266 g/mol. The molecule has 0 radical (unpaired) electrons. The molecule has 2 N–H and O–H groups in total. The minimum Gasteiger partial charge on any atom is -0.325 e. The molecule has 0 atom stereocenters. The van der Waals surface area contributed by atoms with Crippen LogP contribution in [0, 0.1) is 12.8 Å². The summed E-state index contributed by atoms with van der Waals surface area (Å²) in [7, 11) is 0. The molecule has 0 aromatic carbocycles. The van der Waals surface area contributed by atoms with Crippen LogP contribution in [-0.2, 0) is 6.42 Å². The molecule has 1 aliphatic carbocycles. The highest BCUT2D eigenvalue weighted by Gasteiger charge is 2.31. The van der Waals surface area contributed by atoms with E-state index in [9.17, 15) is 0 Å². The van der Waals surface area contributed by atoms with E-state index in [-0.39, 0.29) is 5.54 Å². The SMILES string of the molecule is CCCCC1CCC(N)(Cc2cnc(C)s2)CC1. The van der Waals surface area contributed by atoms with Crippen LogP contribution in [0.5, 0.6) is 0 Å². The number of aromatic nitrogens is 1. The molecule has 0 amide bonds. The summed E-state index contributed by atoms with van der Waals surface area (Å²) < 4.78 is 0. The Balaban J connectivity index is 1.83. The van der Waals surface area contributed by atoms with Crippen molar-refractivity contribution in [3.8, 4) is 0 Å². The Kier molecular flexibility index (Phi) is 4.79. The molecule has 18 heavy (non-hydrogen) atoms. The molecule has 0 unspecified atom stereocenters. The van der Waals surface area contributed by atoms with Gasteiger partial charge in [0.05, 0.1) is 5.01 Å². The summed E-state index contributed by atoms with van der Waals surface area (Å²) in [6, 6.07) is 0. The van der Waals surface area contributed by atoms with Gasteiger partial charge in [-0.25, -0.2) is 4.98 Å². The van der Waals surface area contributed by atoms with Crippen LogP contribution >= 0.6 is 11.3 Å². The van der Waals surface area contributed by atoms with Crippen LogP contribution in [-0.4, -0.2) is 10.5 Å². The maximum absolute atomic E-state index is 6.57. The number of hydrogen-bond acceptors (Lipinski definition) is 3. The van der Waals surface area contributed by atoms with Crippen molar-refractivity contribution >= 4 is 11.3 Å². The lowest BCUT2D eigenvalue weighted by Crippen LogP contribution is -2.45. The normalized spacial score (nSPS) is 28.5. The highest BCUT2D eigenvalue weighted by Crippen LogP contribution is 2.35. The van der Waals surface area contributed by atoms with Gasteiger partial charge in [0.1, 0.15) is 0 Å². The number of nitrogens with zero attached hydrogens (tertiary/aromatic N) is 1. The Morgan fingerprint density at radius 1 is 1.44 bits per heavy atom. The van der Waals surface area contributed by atoms with Crippen molar-refractivity contribution in [2.45, 2.75) is 70.8 Å². The number of aryl methyl sites for hydroxylation is 1. The molecule has 102 valence electrons. The van der Waals surface area contributed by atoms with Gasteiger partial charge >= 0.3 is 0 Å². The Morgan fingerprint density at radius 3 is 2.72 bits per heavy atom. The molecule has 1 heterocycles. The zero-order chi connectivity index (χ0) is 13.0. The molecule has 1 fully saturated rings. The highest BCUT2D eigenvalue weighted by atomic mass is 32.1. The third-order valence-electron chi connectivity index (χ3n) is 4.26. The number of hydrogen-bond donors (Lipinski definition) is 1. The van der Waals surface area contributed by atoms with Gasteiger partial charge in [-0.15, -0.1) is 11.3 Å². The van der Waals surface area contributed by atoms with E-state index < -0.39 is 0 Å². The molecule has 2 nitrogen and oxygen atoms in total. The van der Waals surface area contributed by atoms with Crippen LogP contribution in [0.1, 0.15) is 61.8 Å². The van der Waals surface area contributed by atoms with E-state index in [0.29, 0.717) is 0 Å². The first-order valence-corrected chi connectivity index (χ1v) is 8.13. The maximum Gasteiger partial charge on any atom is 0.0896 e. The first-order chi connectivity index (χ1) is 8.61. The van der Waals surface area contributed by atoms with Crippen molar-refractivity contribution < 1.29 is 0 Å². The van der Waals surface area contributed by atoms with Crippen LogP contribution in [0.4, 0.5) is 0 Å². The lowest BCUT2D eigenvalue weighted by atomic mass is 9.74. The second-order valence-corrected chi connectivity index (χ2v) is 7.29. The lowest BCUT2D eigenvalue weighted by Gasteiger charge is -2.37. The standard InChI is InChI=1S/C15H26N2S/c1-3-4-5-13-6-8-15(16,9-7-13)10-14-11-17-12(2)18-14/h11,13H,3-10,16H2,1-2H3. The number of thiazole rings is 1. The third-order valence-corrected chi connectivity index (χ3v) is 5.18. The Morgan fingerprint density at radius 2 is 2.17 bits per heavy atom. The van der Waals surface area contributed by atoms with Crippen molar-refractivity contribution in [1.82, 2.24) is 4.98 Å². The lowest BCUT2D eigenvalue weighted by molar-refractivity contribution is 0.222. The van der Waals surface area contributed by atoms with E-state index in [4.69, 9.17) is 5.73 Å². The Bertz CT molecular complexity index is 364. The van der Waals surface area contributed by atoms with E-state index in [1.54, 1.807) is 11.3 Å². The Labute approximate surface area is 115 Å². The first kappa shape index (κ1) is 14.0. The van der Waals surface area contributed by atoms with E-state index >= 15 is 0 Å². The first-order valence-electron chi connectivity index (χ1n) is 7.31. The molecular weight excluding hydrogens is 240 g/mol. The van der Waals surface area contributed by atoms with Gasteiger partial charge in [0.2, 0.25) is 0 Å². The van der Waals surface area contributed by atoms with Crippen LogP contribution in [0.15, 0.2) is 6.20 Å². The summed E-state index contributed by atoms with van der Waals surface area (Å²) in [5.74, 6) is 0.935. The summed E-state index contributed by atoms with van der Waals surface area (Å²) >= 11 is 1.80. The van der Waals surface area contributed by atoms with Crippen molar-refractivity contribution in [3.63, 3.8) is 0 Å². The monoisotopic (exact) mass is 266 g/mol.